The first-order chi connectivity index (χ1) is 13.3. The van der Waals surface area contributed by atoms with E-state index in [0.717, 1.165) is 0 Å². The standard InChI is InChI=1S/C19H14N4O5/c1-11-17(12(2)24)18(13-5-3-7-15(9-13)22(25)26)21-19(20-11)14-6-4-8-16(10-14)23(27)28/h3-10H,1-2H3. The Balaban J connectivity index is 2.26. The van der Waals surface area contributed by atoms with Gasteiger partial charge in [0.2, 0.25) is 0 Å². The molecule has 0 N–H and O–H groups in total. The van der Waals surface area contributed by atoms with Crippen molar-refractivity contribution < 1.29 is 14.6 Å². The molecule has 1 aromatic heterocycles. The third kappa shape index (κ3) is 3.58. The Labute approximate surface area is 159 Å². The van der Waals surface area contributed by atoms with E-state index in [-0.39, 0.29) is 34.2 Å². The fourth-order valence-corrected chi connectivity index (χ4v) is 2.86. The summed E-state index contributed by atoms with van der Waals surface area (Å²) in [6, 6.07) is 11.6. The summed E-state index contributed by atoms with van der Waals surface area (Å²) in [4.78, 5) is 42.0. The zero-order valence-electron chi connectivity index (χ0n) is 14.9. The predicted octanol–water partition coefficient (Wildman–Crippen LogP) is 4.14. The molecular formula is C19H14N4O5. The van der Waals surface area contributed by atoms with Crippen LogP contribution in [0.2, 0.25) is 0 Å². The van der Waals surface area contributed by atoms with Gasteiger partial charge in [-0.15, -0.1) is 0 Å². The predicted molar refractivity (Wildman–Crippen MR) is 101 cm³/mol. The second kappa shape index (κ2) is 7.31. The Morgan fingerprint density at radius 2 is 1.43 bits per heavy atom. The molecule has 0 atom stereocenters. The maximum absolute atomic E-state index is 12.2. The number of benzene rings is 2. The molecule has 3 rings (SSSR count). The lowest BCUT2D eigenvalue weighted by molar-refractivity contribution is -0.385. The SMILES string of the molecule is CC(=O)c1c(C)nc(-c2cccc([N+](=O)[O-])c2)nc1-c1cccc([N+](=O)[O-])c1. The molecule has 140 valence electrons. The molecule has 0 saturated heterocycles. The van der Waals surface area contributed by atoms with Crippen LogP contribution in [0.15, 0.2) is 48.5 Å². The summed E-state index contributed by atoms with van der Waals surface area (Å²) in [6.45, 7) is 2.99. The van der Waals surface area contributed by atoms with E-state index in [4.69, 9.17) is 0 Å². The molecule has 0 aliphatic rings. The summed E-state index contributed by atoms with van der Waals surface area (Å²) in [5.41, 5.74) is 1.40. The van der Waals surface area contributed by atoms with Crippen LogP contribution in [0.5, 0.6) is 0 Å². The second-order valence-electron chi connectivity index (χ2n) is 6.03. The van der Waals surface area contributed by atoms with Gasteiger partial charge in [-0.3, -0.25) is 25.0 Å². The van der Waals surface area contributed by atoms with Crippen molar-refractivity contribution in [3.05, 3.63) is 80.0 Å². The van der Waals surface area contributed by atoms with E-state index in [1.165, 1.54) is 43.3 Å². The summed E-state index contributed by atoms with van der Waals surface area (Å²) in [7, 11) is 0. The Morgan fingerprint density at radius 1 is 0.893 bits per heavy atom. The average molecular weight is 378 g/mol. The fraction of sp³-hybridized carbons (Fsp3) is 0.105. The quantitative estimate of drug-likeness (QED) is 0.370. The van der Waals surface area contributed by atoms with Crippen molar-refractivity contribution >= 4 is 17.2 Å². The van der Waals surface area contributed by atoms with Crippen LogP contribution in [-0.4, -0.2) is 25.6 Å². The van der Waals surface area contributed by atoms with Crippen LogP contribution in [0.4, 0.5) is 11.4 Å². The number of Topliss-reactive ketones (excluding diaryl/α,β-unsaturated/α-hetero) is 1. The van der Waals surface area contributed by atoms with Crippen molar-refractivity contribution in [1.82, 2.24) is 9.97 Å². The highest BCUT2D eigenvalue weighted by Gasteiger charge is 2.20. The highest BCUT2D eigenvalue weighted by atomic mass is 16.6. The monoisotopic (exact) mass is 378 g/mol. The average Bonchev–Trinajstić information content (AvgIpc) is 2.67. The number of aryl methyl sites for hydroxylation is 1. The van der Waals surface area contributed by atoms with E-state index < -0.39 is 9.85 Å². The Bertz CT molecular complexity index is 1130. The lowest BCUT2D eigenvalue weighted by Crippen LogP contribution is -2.07. The van der Waals surface area contributed by atoms with Gasteiger partial charge >= 0.3 is 0 Å². The van der Waals surface area contributed by atoms with E-state index in [1.807, 2.05) is 0 Å². The first-order valence-corrected chi connectivity index (χ1v) is 8.17. The molecule has 0 unspecified atom stereocenters. The van der Waals surface area contributed by atoms with Gasteiger partial charge in [0.15, 0.2) is 11.6 Å². The van der Waals surface area contributed by atoms with E-state index in [9.17, 15) is 25.0 Å². The number of nitrogens with zero attached hydrogens (tertiary/aromatic N) is 4. The van der Waals surface area contributed by atoms with Gasteiger partial charge in [-0.05, 0) is 13.8 Å². The minimum absolute atomic E-state index is 0.119. The topological polar surface area (TPSA) is 129 Å². The molecule has 3 aromatic rings. The third-order valence-electron chi connectivity index (χ3n) is 4.09. The summed E-state index contributed by atoms with van der Waals surface area (Å²) < 4.78 is 0. The Hall–Kier alpha value is -4.01. The lowest BCUT2D eigenvalue weighted by Gasteiger charge is -2.12. The first-order valence-electron chi connectivity index (χ1n) is 8.17. The van der Waals surface area contributed by atoms with Gasteiger partial charge in [-0.1, -0.05) is 24.3 Å². The molecule has 9 heteroatoms. The number of nitro groups is 2. The van der Waals surface area contributed by atoms with E-state index in [0.29, 0.717) is 16.8 Å². The molecule has 0 saturated carbocycles. The van der Waals surface area contributed by atoms with Gasteiger partial charge in [0.1, 0.15) is 0 Å². The van der Waals surface area contributed by atoms with Crippen molar-refractivity contribution in [3.8, 4) is 22.6 Å². The molecule has 2 aromatic carbocycles. The van der Waals surface area contributed by atoms with Crippen molar-refractivity contribution in [2.75, 3.05) is 0 Å². The minimum Gasteiger partial charge on any atom is -0.294 e. The van der Waals surface area contributed by atoms with E-state index in [1.54, 1.807) is 19.1 Å². The largest absolute Gasteiger partial charge is 0.294 e. The van der Waals surface area contributed by atoms with Crippen LogP contribution >= 0.6 is 0 Å². The fourth-order valence-electron chi connectivity index (χ4n) is 2.86. The summed E-state index contributed by atoms with van der Waals surface area (Å²) in [5.74, 6) is -0.0997. The maximum Gasteiger partial charge on any atom is 0.270 e. The molecule has 0 bridgehead atoms. The molecule has 0 aliphatic heterocycles. The minimum atomic E-state index is -0.535. The van der Waals surface area contributed by atoms with Crippen molar-refractivity contribution in [3.63, 3.8) is 0 Å². The number of carbonyl (C=O) groups excluding carboxylic acids is 1. The van der Waals surface area contributed by atoms with Crippen molar-refractivity contribution in [2.45, 2.75) is 13.8 Å². The van der Waals surface area contributed by atoms with Crippen LogP contribution in [0, 0.1) is 27.2 Å². The first kappa shape index (κ1) is 18.8. The molecule has 0 spiro atoms. The molecule has 0 fully saturated rings. The number of non-ortho nitro benzene ring substituents is 2. The normalized spacial score (nSPS) is 10.5. The smallest absolute Gasteiger partial charge is 0.270 e. The lowest BCUT2D eigenvalue weighted by atomic mass is 10.0. The van der Waals surface area contributed by atoms with Gasteiger partial charge in [0, 0.05) is 35.4 Å². The highest BCUT2D eigenvalue weighted by molar-refractivity contribution is 6.01. The van der Waals surface area contributed by atoms with Crippen molar-refractivity contribution in [2.24, 2.45) is 0 Å². The zero-order chi connectivity index (χ0) is 20.4. The number of hydrogen-bond donors (Lipinski definition) is 0. The third-order valence-corrected chi connectivity index (χ3v) is 4.09. The number of carbonyl (C=O) groups is 1. The zero-order valence-corrected chi connectivity index (χ0v) is 14.9. The van der Waals surface area contributed by atoms with Crippen LogP contribution in [0.1, 0.15) is 23.0 Å². The molecule has 28 heavy (non-hydrogen) atoms. The van der Waals surface area contributed by atoms with Crippen LogP contribution in [-0.2, 0) is 0 Å². The number of rotatable bonds is 5. The van der Waals surface area contributed by atoms with Gasteiger partial charge in [-0.2, -0.15) is 0 Å². The molecular weight excluding hydrogens is 364 g/mol. The summed E-state index contributed by atoms with van der Waals surface area (Å²) in [5, 5.41) is 22.1. The molecule has 0 aliphatic carbocycles. The van der Waals surface area contributed by atoms with Crippen LogP contribution < -0.4 is 0 Å². The van der Waals surface area contributed by atoms with Gasteiger partial charge in [0.25, 0.3) is 11.4 Å². The highest BCUT2D eigenvalue weighted by Crippen LogP contribution is 2.30. The van der Waals surface area contributed by atoms with Crippen LogP contribution in [0.25, 0.3) is 22.6 Å². The molecule has 9 nitrogen and oxygen atoms in total. The molecule has 0 radical (unpaired) electrons. The van der Waals surface area contributed by atoms with E-state index >= 15 is 0 Å². The summed E-state index contributed by atoms with van der Waals surface area (Å²) in [6.07, 6.45) is 0. The number of ketones is 1. The maximum atomic E-state index is 12.2. The second-order valence-corrected chi connectivity index (χ2v) is 6.03. The van der Waals surface area contributed by atoms with E-state index in [2.05, 4.69) is 9.97 Å². The van der Waals surface area contributed by atoms with Crippen molar-refractivity contribution in [1.29, 1.82) is 0 Å². The van der Waals surface area contributed by atoms with Gasteiger partial charge < -0.3 is 0 Å². The summed E-state index contributed by atoms with van der Waals surface area (Å²) >= 11 is 0. The van der Waals surface area contributed by atoms with Crippen LogP contribution in [0.3, 0.4) is 0 Å². The number of hydrogen-bond acceptors (Lipinski definition) is 7. The molecule has 0 amide bonds. The number of nitro benzene ring substituents is 2. The van der Waals surface area contributed by atoms with Gasteiger partial charge in [0.05, 0.1) is 26.8 Å². The molecule has 1 heterocycles. The number of aromatic nitrogens is 2. The van der Waals surface area contributed by atoms with Gasteiger partial charge in [-0.25, -0.2) is 9.97 Å². The Morgan fingerprint density at radius 3 is 1.96 bits per heavy atom. The Kier molecular flexibility index (Phi) is 4.90.